The molecule has 1 aliphatic heterocycles. The number of hydrogen-bond donors (Lipinski definition) is 1. The van der Waals surface area contributed by atoms with Crippen LogP contribution in [0, 0.1) is 5.92 Å². The van der Waals surface area contributed by atoms with Gasteiger partial charge in [-0.2, -0.15) is 0 Å². The molecule has 156 valence electrons. The van der Waals surface area contributed by atoms with E-state index >= 15 is 0 Å². The van der Waals surface area contributed by atoms with Gasteiger partial charge in [0.05, 0.1) is 12.9 Å². The molecule has 0 bridgehead atoms. The van der Waals surface area contributed by atoms with E-state index in [2.05, 4.69) is 35.1 Å². The van der Waals surface area contributed by atoms with Crippen molar-refractivity contribution >= 4 is 11.9 Å². The molecule has 1 aliphatic rings. The number of piperazine rings is 1. The lowest BCUT2D eigenvalue weighted by molar-refractivity contribution is 0.0657. The number of para-hydroxylation sites is 1. The number of rotatable bonds is 6. The summed E-state index contributed by atoms with van der Waals surface area (Å²) in [6, 6.07) is 11.5. The highest BCUT2D eigenvalue weighted by atomic mass is 16.5. The first kappa shape index (κ1) is 20.8. The van der Waals surface area contributed by atoms with Crippen LogP contribution in [0.5, 0.6) is 5.75 Å². The molecule has 3 rings (SSSR count). The van der Waals surface area contributed by atoms with Crippen LogP contribution in [0.1, 0.15) is 30.0 Å². The van der Waals surface area contributed by atoms with Gasteiger partial charge in [0.2, 0.25) is 0 Å². The molecule has 1 amide bonds. The zero-order chi connectivity index (χ0) is 20.6. The fourth-order valence-corrected chi connectivity index (χ4v) is 3.23. The third-order valence-electron chi connectivity index (χ3n) is 4.79. The lowest BCUT2D eigenvalue weighted by Crippen LogP contribution is -2.53. The minimum atomic E-state index is -0.0613. The van der Waals surface area contributed by atoms with Crippen LogP contribution in [-0.2, 0) is 6.54 Å². The van der Waals surface area contributed by atoms with Gasteiger partial charge in [-0.15, -0.1) is 0 Å². The van der Waals surface area contributed by atoms with Gasteiger partial charge in [-0.05, 0) is 24.1 Å². The molecule has 7 nitrogen and oxygen atoms in total. The summed E-state index contributed by atoms with van der Waals surface area (Å²) >= 11 is 0. The van der Waals surface area contributed by atoms with Crippen molar-refractivity contribution in [2.75, 3.05) is 39.8 Å². The van der Waals surface area contributed by atoms with E-state index in [0.717, 1.165) is 30.4 Å². The summed E-state index contributed by atoms with van der Waals surface area (Å²) in [5.74, 6) is 2.53. The summed E-state index contributed by atoms with van der Waals surface area (Å²) in [7, 11) is 1.78. The molecule has 0 spiro atoms. The molecular formula is C22H30N4O3. The summed E-state index contributed by atoms with van der Waals surface area (Å²) in [4.78, 5) is 20.8. The topological polar surface area (TPSA) is 70.3 Å². The number of benzene rings is 1. The first-order valence-electron chi connectivity index (χ1n) is 10.1. The van der Waals surface area contributed by atoms with Gasteiger partial charge in [0, 0.05) is 45.3 Å². The minimum absolute atomic E-state index is 0.0613. The summed E-state index contributed by atoms with van der Waals surface area (Å²) in [5, 5.41) is 3.43. The zero-order valence-corrected chi connectivity index (χ0v) is 17.4. The second-order valence-electron chi connectivity index (χ2n) is 7.47. The van der Waals surface area contributed by atoms with Gasteiger partial charge in [-0.1, -0.05) is 32.0 Å². The van der Waals surface area contributed by atoms with Gasteiger partial charge in [-0.25, -0.2) is 0 Å². The number of carbonyl (C=O) groups is 1. The van der Waals surface area contributed by atoms with E-state index in [1.807, 2.05) is 23.1 Å². The van der Waals surface area contributed by atoms with Crippen molar-refractivity contribution in [2.24, 2.45) is 10.9 Å². The number of nitrogens with one attached hydrogen (secondary N) is 1. The number of carbonyl (C=O) groups excluding carboxylic acids is 1. The Kier molecular flexibility index (Phi) is 7.16. The van der Waals surface area contributed by atoms with E-state index in [1.54, 1.807) is 19.2 Å². The second kappa shape index (κ2) is 10.0. The minimum Gasteiger partial charge on any atom is -0.493 e. The highest BCUT2D eigenvalue weighted by molar-refractivity contribution is 5.91. The van der Waals surface area contributed by atoms with Crippen LogP contribution >= 0.6 is 0 Å². The van der Waals surface area contributed by atoms with Crippen LogP contribution in [0.2, 0.25) is 0 Å². The molecule has 29 heavy (non-hydrogen) atoms. The van der Waals surface area contributed by atoms with Crippen molar-refractivity contribution in [1.82, 2.24) is 15.1 Å². The van der Waals surface area contributed by atoms with Gasteiger partial charge in [0.25, 0.3) is 5.91 Å². The molecule has 0 saturated carbocycles. The third-order valence-corrected chi connectivity index (χ3v) is 4.79. The normalized spacial score (nSPS) is 15.0. The molecular weight excluding hydrogens is 368 g/mol. The van der Waals surface area contributed by atoms with Crippen molar-refractivity contribution in [2.45, 2.75) is 20.4 Å². The maximum absolute atomic E-state index is 12.4. The molecule has 2 heterocycles. The van der Waals surface area contributed by atoms with Crippen molar-refractivity contribution in [3.8, 4) is 5.75 Å². The maximum atomic E-state index is 12.4. The first-order chi connectivity index (χ1) is 14.1. The van der Waals surface area contributed by atoms with Crippen LogP contribution in [0.25, 0.3) is 0 Å². The zero-order valence-electron chi connectivity index (χ0n) is 17.4. The van der Waals surface area contributed by atoms with Gasteiger partial charge in [-0.3, -0.25) is 9.79 Å². The summed E-state index contributed by atoms with van der Waals surface area (Å²) in [5.41, 5.74) is 1.10. The Morgan fingerprint density at radius 1 is 1.14 bits per heavy atom. The average molecular weight is 399 g/mol. The van der Waals surface area contributed by atoms with E-state index in [-0.39, 0.29) is 5.91 Å². The van der Waals surface area contributed by atoms with E-state index in [9.17, 15) is 4.79 Å². The van der Waals surface area contributed by atoms with Crippen LogP contribution in [0.15, 0.2) is 52.1 Å². The summed E-state index contributed by atoms with van der Waals surface area (Å²) < 4.78 is 11.2. The summed E-state index contributed by atoms with van der Waals surface area (Å²) in [6.07, 6.45) is 1.53. The number of ether oxygens (including phenoxy) is 1. The number of hydrogen-bond acceptors (Lipinski definition) is 4. The highest BCUT2D eigenvalue weighted by Gasteiger charge is 2.25. The van der Waals surface area contributed by atoms with Gasteiger partial charge < -0.3 is 24.3 Å². The Bertz CT molecular complexity index is 809. The molecule has 1 saturated heterocycles. The van der Waals surface area contributed by atoms with Crippen molar-refractivity contribution in [3.05, 3.63) is 54.0 Å². The fraction of sp³-hybridized carbons (Fsp3) is 0.455. The van der Waals surface area contributed by atoms with Gasteiger partial charge >= 0.3 is 0 Å². The Hall–Kier alpha value is -2.96. The lowest BCUT2D eigenvalue weighted by Gasteiger charge is -2.36. The van der Waals surface area contributed by atoms with Crippen LogP contribution < -0.4 is 10.1 Å². The number of aliphatic imine (C=N–C) groups is 1. The highest BCUT2D eigenvalue weighted by Crippen LogP contribution is 2.19. The van der Waals surface area contributed by atoms with Crippen LogP contribution in [0.4, 0.5) is 0 Å². The van der Waals surface area contributed by atoms with E-state index in [1.165, 1.54) is 6.26 Å². The van der Waals surface area contributed by atoms with E-state index in [0.29, 0.717) is 37.9 Å². The molecule has 1 aromatic heterocycles. The first-order valence-corrected chi connectivity index (χ1v) is 10.1. The molecule has 2 aromatic rings. The van der Waals surface area contributed by atoms with Crippen molar-refractivity contribution in [3.63, 3.8) is 0 Å². The molecule has 0 unspecified atom stereocenters. The monoisotopic (exact) mass is 398 g/mol. The van der Waals surface area contributed by atoms with Crippen LogP contribution in [-0.4, -0.2) is 61.5 Å². The number of guanidine groups is 1. The number of furan rings is 1. The molecule has 1 fully saturated rings. The smallest absolute Gasteiger partial charge is 0.289 e. The molecule has 0 aliphatic carbocycles. The van der Waals surface area contributed by atoms with Gasteiger partial charge in [0.15, 0.2) is 11.7 Å². The lowest BCUT2D eigenvalue weighted by atomic mass is 10.2. The molecule has 0 atom stereocenters. The van der Waals surface area contributed by atoms with Gasteiger partial charge in [0.1, 0.15) is 5.75 Å². The van der Waals surface area contributed by atoms with Crippen LogP contribution in [0.3, 0.4) is 0 Å². The van der Waals surface area contributed by atoms with E-state index in [4.69, 9.17) is 9.15 Å². The maximum Gasteiger partial charge on any atom is 0.289 e. The van der Waals surface area contributed by atoms with Crippen molar-refractivity contribution in [1.29, 1.82) is 0 Å². The average Bonchev–Trinajstić information content (AvgIpc) is 3.28. The van der Waals surface area contributed by atoms with Crippen molar-refractivity contribution < 1.29 is 13.9 Å². The third kappa shape index (κ3) is 5.53. The fourth-order valence-electron chi connectivity index (χ4n) is 3.23. The molecule has 1 N–H and O–H groups in total. The molecule has 0 radical (unpaired) electrons. The standard InChI is InChI=1S/C22H30N4O3/c1-17(2)16-29-19-8-5-4-7-18(19)15-24-22(23-3)26-12-10-25(11-13-26)21(27)20-9-6-14-28-20/h4-9,14,17H,10-13,15-16H2,1-3H3,(H,23,24). The molecule has 7 heteroatoms. The Labute approximate surface area is 172 Å². The predicted molar refractivity (Wildman–Crippen MR) is 113 cm³/mol. The Morgan fingerprint density at radius 2 is 1.86 bits per heavy atom. The summed E-state index contributed by atoms with van der Waals surface area (Å²) in [6.45, 7) is 8.31. The largest absolute Gasteiger partial charge is 0.493 e. The Morgan fingerprint density at radius 3 is 2.52 bits per heavy atom. The Balaban J connectivity index is 1.54. The predicted octanol–water partition coefficient (Wildman–Crippen LogP) is 2.85. The second-order valence-corrected chi connectivity index (χ2v) is 7.47. The van der Waals surface area contributed by atoms with E-state index < -0.39 is 0 Å². The molecule has 1 aromatic carbocycles. The number of nitrogens with zero attached hydrogens (tertiary/aromatic N) is 3. The SMILES string of the molecule is CN=C(NCc1ccccc1OCC(C)C)N1CCN(C(=O)c2ccco2)CC1. The number of amides is 1. The quantitative estimate of drug-likeness (QED) is 0.599.